The van der Waals surface area contributed by atoms with Crippen molar-refractivity contribution in [2.75, 3.05) is 0 Å². The Morgan fingerprint density at radius 1 is 1.36 bits per heavy atom. The quantitative estimate of drug-likeness (QED) is 0.360. The maximum Gasteiger partial charge on any atom is 0.269 e. The molecule has 0 aliphatic rings. The predicted octanol–water partition coefficient (Wildman–Crippen LogP) is 4.78. The maximum absolute atomic E-state index is 10.6. The largest absolute Gasteiger partial charge is 0.506 e. The summed E-state index contributed by atoms with van der Waals surface area (Å²) in [6, 6.07) is 10.7. The molecule has 1 N–H and O–H groups in total. The van der Waals surface area contributed by atoms with E-state index in [2.05, 4.69) is 15.9 Å². The number of allylic oxidation sites excluding steroid dienone is 1. The summed E-state index contributed by atoms with van der Waals surface area (Å²) in [5.41, 5.74) is 1.06. The molecule has 0 spiro atoms. The first-order chi connectivity index (χ1) is 10.4. The van der Waals surface area contributed by atoms with Crippen molar-refractivity contribution in [3.05, 3.63) is 67.1 Å². The molecular formula is C15H8BrClN2O3. The van der Waals surface area contributed by atoms with Gasteiger partial charge in [-0.15, -0.1) is 0 Å². The van der Waals surface area contributed by atoms with E-state index < -0.39 is 4.92 Å². The number of nitro groups is 1. The molecule has 0 fully saturated rings. The summed E-state index contributed by atoms with van der Waals surface area (Å²) in [4.78, 5) is 10.1. The summed E-state index contributed by atoms with van der Waals surface area (Å²) in [5, 5.41) is 30.0. The number of hydrogen-bond donors (Lipinski definition) is 1. The number of phenolic OH excluding ortho intramolecular Hbond substituents is 1. The number of hydrogen-bond acceptors (Lipinski definition) is 4. The van der Waals surface area contributed by atoms with Crippen LogP contribution < -0.4 is 0 Å². The van der Waals surface area contributed by atoms with E-state index in [4.69, 9.17) is 11.6 Å². The number of phenols is 1. The Morgan fingerprint density at radius 2 is 2.00 bits per heavy atom. The molecule has 0 bridgehead atoms. The first-order valence-corrected chi connectivity index (χ1v) is 7.14. The van der Waals surface area contributed by atoms with Crippen LogP contribution in [0.2, 0.25) is 5.02 Å². The Balaban J connectivity index is 2.48. The molecule has 0 amide bonds. The van der Waals surface area contributed by atoms with Crippen molar-refractivity contribution in [3.63, 3.8) is 0 Å². The van der Waals surface area contributed by atoms with Crippen molar-refractivity contribution in [2.24, 2.45) is 0 Å². The van der Waals surface area contributed by atoms with E-state index in [1.165, 1.54) is 36.4 Å². The van der Waals surface area contributed by atoms with Gasteiger partial charge in [-0.05, 0) is 35.9 Å². The highest BCUT2D eigenvalue weighted by Crippen LogP contribution is 2.33. The molecule has 0 atom stereocenters. The molecule has 0 aromatic heterocycles. The summed E-state index contributed by atoms with van der Waals surface area (Å²) >= 11 is 9.14. The van der Waals surface area contributed by atoms with Gasteiger partial charge in [0.25, 0.3) is 5.69 Å². The van der Waals surface area contributed by atoms with Crippen LogP contribution in [0.15, 0.2) is 40.9 Å². The molecule has 0 aliphatic heterocycles. The maximum atomic E-state index is 10.6. The van der Waals surface area contributed by atoms with E-state index in [-0.39, 0.29) is 22.0 Å². The summed E-state index contributed by atoms with van der Waals surface area (Å²) in [6.07, 6.45) is 1.47. The second-order valence-electron chi connectivity index (χ2n) is 4.30. The number of nitrogens with zero attached hydrogens (tertiary/aromatic N) is 2. The highest BCUT2D eigenvalue weighted by atomic mass is 79.9. The summed E-state index contributed by atoms with van der Waals surface area (Å²) in [5.74, 6) is -0.139. The van der Waals surface area contributed by atoms with Crippen molar-refractivity contribution >= 4 is 44.9 Å². The number of aromatic hydroxyl groups is 1. The Morgan fingerprint density at radius 3 is 2.55 bits per heavy atom. The van der Waals surface area contributed by atoms with Crippen molar-refractivity contribution in [1.29, 1.82) is 5.26 Å². The molecule has 0 heterocycles. The van der Waals surface area contributed by atoms with E-state index >= 15 is 0 Å². The minimum atomic E-state index is -0.514. The third-order valence-electron chi connectivity index (χ3n) is 2.87. The molecule has 0 aliphatic carbocycles. The van der Waals surface area contributed by atoms with Crippen LogP contribution in [0.25, 0.3) is 11.6 Å². The fraction of sp³-hybridized carbons (Fsp3) is 0. The van der Waals surface area contributed by atoms with Crippen LogP contribution >= 0.6 is 27.5 Å². The summed E-state index contributed by atoms with van der Waals surface area (Å²) < 4.78 is 0.655. The smallest absolute Gasteiger partial charge is 0.269 e. The topological polar surface area (TPSA) is 87.2 Å². The Kier molecular flexibility index (Phi) is 4.81. The summed E-state index contributed by atoms with van der Waals surface area (Å²) in [6.45, 7) is 0. The molecule has 2 aromatic rings. The van der Waals surface area contributed by atoms with E-state index in [0.717, 1.165) is 0 Å². The highest BCUT2D eigenvalue weighted by Gasteiger charge is 2.10. The lowest BCUT2D eigenvalue weighted by Crippen LogP contribution is -1.89. The van der Waals surface area contributed by atoms with Crippen LogP contribution in [0.4, 0.5) is 5.69 Å². The van der Waals surface area contributed by atoms with Crippen LogP contribution in [-0.4, -0.2) is 10.0 Å². The van der Waals surface area contributed by atoms with Gasteiger partial charge in [0, 0.05) is 22.2 Å². The van der Waals surface area contributed by atoms with Crippen molar-refractivity contribution in [1.82, 2.24) is 0 Å². The lowest BCUT2D eigenvalue weighted by Gasteiger charge is -2.05. The number of benzene rings is 2. The van der Waals surface area contributed by atoms with Crippen LogP contribution in [0.3, 0.4) is 0 Å². The molecule has 0 saturated carbocycles. The minimum absolute atomic E-state index is 0.0608. The van der Waals surface area contributed by atoms with Crippen molar-refractivity contribution in [3.8, 4) is 11.8 Å². The molecule has 0 unspecified atom stereocenters. The Bertz CT molecular complexity index is 811. The second-order valence-corrected chi connectivity index (χ2v) is 5.62. The fourth-order valence-corrected chi connectivity index (χ4v) is 2.63. The lowest BCUT2D eigenvalue weighted by molar-refractivity contribution is -0.384. The van der Waals surface area contributed by atoms with Crippen LogP contribution in [0, 0.1) is 21.4 Å². The molecular weight excluding hydrogens is 372 g/mol. The minimum Gasteiger partial charge on any atom is -0.506 e. The number of non-ortho nitro benzene ring substituents is 1. The molecule has 0 saturated heterocycles. The molecule has 7 heteroatoms. The highest BCUT2D eigenvalue weighted by molar-refractivity contribution is 9.10. The Labute approximate surface area is 139 Å². The van der Waals surface area contributed by atoms with Crippen LogP contribution in [-0.2, 0) is 0 Å². The zero-order chi connectivity index (χ0) is 16.3. The third-order valence-corrected chi connectivity index (χ3v) is 3.61. The second kappa shape index (κ2) is 6.60. The van der Waals surface area contributed by atoms with Gasteiger partial charge in [-0.2, -0.15) is 5.26 Å². The normalized spacial score (nSPS) is 11.0. The number of halogens is 2. The summed E-state index contributed by atoms with van der Waals surface area (Å²) in [7, 11) is 0. The van der Waals surface area contributed by atoms with E-state index in [9.17, 15) is 20.5 Å². The van der Waals surface area contributed by atoms with Gasteiger partial charge in [-0.25, -0.2) is 0 Å². The van der Waals surface area contributed by atoms with Gasteiger partial charge in [-0.3, -0.25) is 10.1 Å². The van der Waals surface area contributed by atoms with Crippen molar-refractivity contribution in [2.45, 2.75) is 0 Å². The molecule has 2 rings (SSSR count). The van der Waals surface area contributed by atoms with Gasteiger partial charge < -0.3 is 5.11 Å². The van der Waals surface area contributed by atoms with Gasteiger partial charge in [0.1, 0.15) is 5.75 Å². The standard InChI is InChI=1S/C15H8BrClN2O3/c16-12-6-10(15(20)14(17)7-12)5-11(8-18)9-1-3-13(4-2-9)19(21)22/h1-7,20H/b11-5+. The lowest BCUT2D eigenvalue weighted by atomic mass is 10.0. The predicted molar refractivity (Wildman–Crippen MR) is 87.4 cm³/mol. The monoisotopic (exact) mass is 378 g/mol. The molecule has 110 valence electrons. The fourth-order valence-electron chi connectivity index (χ4n) is 1.79. The average molecular weight is 380 g/mol. The van der Waals surface area contributed by atoms with E-state index in [1.807, 2.05) is 6.07 Å². The third kappa shape index (κ3) is 3.45. The van der Waals surface area contributed by atoms with Crippen LogP contribution in [0.1, 0.15) is 11.1 Å². The van der Waals surface area contributed by atoms with E-state index in [0.29, 0.717) is 15.6 Å². The number of rotatable bonds is 3. The van der Waals surface area contributed by atoms with Gasteiger partial charge in [0.2, 0.25) is 0 Å². The number of nitro benzene ring substituents is 1. The SMILES string of the molecule is N#C/C(=C\c1cc(Br)cc(Cl)c1O)c1ccc([N+](=O)[O-])cc1. The van der Waals surface area contributed by atoms with Crippen LogP contribution in [0.5, 0.6) is 5.75 Å². The molecule has 2 aromatic carbocycles. The first-order valence-electron chi connectivity index (χ1n) is 5.97. The molecule has 22 heavy (non-hydrogen) atoms. The van der Waals surface area contributed by atoms with Gasteiger partial charge >= 0.3 is 0 Å². The van der Waals surface area contributed by atoms with Gasteiger partial charge in [0.15, 0.2) is 0 Å². The zero-order valence-corrected chi connectivity index (χ0v) is 13.3. The van der Waals surface area contributed by atoms with Crippen molar-refractivity contribution < 1.29 is 10.0 Å². The first kappa shape index (κ1) is 16.0. The molecule has 5 nitrogen and oxygen atoms in total. The van der Waals surface area contributed by atoms with Gasteiger partial charge in [-0.1, -0.05) is 27.5 Å². The Hall–Kier alpha value is -2.36. The average Bonchev–Trinajstić information content (AvgIpc) is 2.49. The molecule has 0 radical (unpaired) electrons. The number of nitriles is 1. The van der Waals surface area contributed by atoms with Gasteiger partial charge in [0.05, 0.1) is 21.6 Å². The van der Waals surface area contributed by atoms with E-state index in [1.54, 1.807) is 6.07 Å². The zero-order valence-electron chi connectivity index (χ0n) is 11.0.